The second-order valence-electron chi connectivity index (χ2n) is 5.19. The van der Waals surface area contributed by atoms with Crippen LogP contribution in [0, 0.1) is 0 Å². The largest absolute Gasteiger partial charge is 0.829 e. The Labute approximate surface area is 136 Å². The molecule has 0 saturated carbocycles. The molecular weight excluding hydrogens is 328 g/mol. The highest BCUT2D eigenvalue weighted by Gasteiger charge is 2.41. The van der Waals surface area contributed by atoms with Gasteiger partial charge in [0.15, 0.2) is 17.2 Å². The summed E-state index contributed by atoms with van der Waals surface area (Å²) in [6, 6.07) is 1.73. The maximum atomic E-state index is 11.9. The lowest BCUT2D eigenvalue weighted by Crippen LogP contribution is -2.63. The molecule has 0 amide bonds. The molecule has 0 unspecified atom stereocenters. The summed E-state index contributed by atoms with van der Waals surface area (Å²) >= 11 is 0. The topological polar surface area (TPSA) is 169 Å². The Morgan fingerprint density at radius 3 is 2.33 bits per heavy atom. The van der Waals surface area contributed by atoms with Crippen molar-refractivity contribution in [1.82, 2.24) is 0 Å². The highest BCUT2D eigenvalue weighted by atomic mass is 16.7. The molecule has 0 spiro atoms. The lowest BCUT2D eigenvalue weighted by atomic mass is 9.99. The smallest absolute Gasteiger partial charge is 0.338 e. The van der Waals surface area contributed by atoms with Crippen LogP contribution in [-0.2, 0) is 14.2 Å². The van der Waals surface area contributed by atoms with Gasteiger partial charge >= 0.3 is 5.97 Å². The summed E-state index contributed by atoms with van der Waals surface area (Å²) in [6.07, 6.45) is -7.36. The summed E-state index contributed by atoms with van der Waals surface area (Å²) in [6.45, 7) is -0.561. The maximum absolute atomic E-state index is 11.9. The average molecular weight is 345 g/mol. The van der Waals surface area contributed by atoms with Crippen LogP contribution < -0.4 is 5.11 Å². The zero-order valence-electron chi connectivity index (χ0n) is 12.5. The number of carbonyl (C=O) groups is 1. The number of phenolic OH excluding ortho intramolecular Hbond substituents is 3. The summed E-state index contributed by atoms with van der Waals surface area (Å²) < 4.78 is 14.5. The van der Waals surface area contributed by atoms with Crippen molar-refractivity contribution in [3.05, 3.63) is 17.7 Å². The van der Waals surface area contributed by atoms with E-state index in [4.69, 9.17) is 14.2 Å². The van der Waals surface area contributed by atoms with E-state index in [2.05, 4.69) is 0 Å². The van der Waals surface area contributed by atoms with Crippen molar-refractivity contribution in [2.24, 2.45) is 0 Å². The van der Waals surface area contributed by atoms with E-state index in [9.17, 15) is 35.4 Å². The van der Waals surface area contributed by atoms with Crippen molar-refractivity contribution in [1.29, 1.82) is 0 Å². The van der Waals surface area contributed by atoms with Crippen LogP contribution in [0.15, 0.2) is 12.1 Å². The summed E-state index contributed by atoms with van der Waals surface area (Å²) in [7, 11) is 1.18. The van der Waals surface area contributed by atoms with Crippen LogP contribution in [0.4, 0.5) is 0 Å². The number of rotatable bonds is 4. The molecule has 1 aromatic rings. The number of benzene rings is 1. The normalized spacial score (nSPS) is 30.1. The van der Waals surface area contributed by atoms with Crippen LogP contribution in [0.2, 0.25) is 0 Å². The predicted molar refractivity (Wildman–Crippen MR) is 73.2 cm³/mol. The van der Waals surface area contributed by atoms with Crippen LogP contribution in [-0.4, -0.2) is 75.9 Å². The lowest BCUT2D eigenvalue weighted by molar-refractivity contribution is -0.533. The Bertz CT molecular complexity index is 580. The number of carbonyl (C=O) groups excluding carboxylic acids is 1. The zero-order chi connectivity index (χ0) is 18.0. The minimum Gasteiger partial charge on any atom is -0.829 e. The molecule has 134 valence electrons. The van der Waals surface area contributed by atoms with Crippen LogP contribution in [0.3, 0.4) is 0 Å². The van der Waals surface area contributed by atoms with Gasteiger partial charge in [-0.1, -0.05) is 0 Å². The van der Waals surface area contributed by atoms with Crippen LogP contribution >= 0.6 is 0 Å². The number of phenols is 3. The number of aromatic hydroxyl groups is 3. The standard InChI is InChI=1S/C14H17O10/c1-22-12-11(19)10(18)8(24-14(12)21)4-23-13(20)5-2-6(15)9(17)7(16)3-5/h2-3,8,10-12,14-19H,4H2,1H3/q-1/t8-,10-,11+,12-,14-/m1/s1. The first-order valence-electron chi connectivity index (χ1n) is 6.88. The highest BCUT2D eigenvalue weighted by molar-refractivity contribution is 5.91. The van der Waals surface area contributed by atoms with Crippen molar-refractivity contribution in [3.63, 3.8) is 0 Å². The molecule has 1 aromatic carbocycles. The third-order valence-corrected chi connectivity index (χ3v) is 3.60. The van der Waals surface area contributed by atoms with Gasteiger partial charge in [0.25, 0.3) is 0 Å². The molecule has 1 aliphatic rings. The first kappa shape index (κ1) is 18.2. The summed E-state index contributed by atoms with van der Waals surface area (Å²) in [5.74, 6) is -3.26. The zero-order valence-corrected chi connectivity index (χ0v) is 12.5. The second-order valence-corrected chi connectivity index (χ2v) is 5.19. The van der Waals surface area contributed by atoms with Crippen molar-refractivity contribution < 1.29 is 49.6 Å². The van der Waals surface area contributed by atoms with Gasteiger partial charge in [-0.05, 0) is 12.1 Å². The number of methoxy groups -OCH3 is 1. The predicted octanol–water partition coefficient (Wildman–Crippen LogP) is -2.22. The van der Waals surface area contributed by atoms with E-state index in [0.717, 1.165) is 12.1 Å². The fraction of sp³-hybridized carbons (Fsp3) is 0.500. The molecule has 2 rings (SSSR count). The molecule has 5 atom stereocenters. The molecule has 0 aromatic heterocycles. The maximum Gasteiger partial charge on any atom is 0.338 e. The van der Waals surface area contributed by atoms with Crippen molar-refractivity contribution in [2.75, 3.05) is 13.7 Å². The quantitative estimate of drug-likeness (QED) is 0.298. The van der Waals surface area contributed by atoms with Crippen molar-refractivity contribution in [2.45, 2.75) is 30.7 Å². The molecule has 1 saturated heterocycles. The number of hydrogen-bond acceptors (Lipinski definition) is 10. The molecule has 10 heteroatoms. The molecule has 24 heavy (non-hydrogen) atoms. The Hall–Kier alpha value is -2.11. The molecule has 1 fully saturated rings. The van der Waals surface area contributed by atoms with E-state index in [-0.39, 0.29) is 5.56 Å². The fourth-order valence-electron chi connectivity index (χ4n) is 2.26. The van der Waals surface area contributed by atoms with Gasteiger partial charge in [-0.3, -0.25) is 0 Å². The fourth-order valence-corrected chi connectivity index (χ4v) is 2.26. The number of hydrogen-bond donors (Lipinski definition) is 5. The molecule has 0 aliphatic carbocycles. The summed E-state index contributed by atoms with van der Waals surface area (Å²) in [5, 5.41) is 59.2. The SMILES string of the molecule is CO[C@@H]1[C@@H](O)[C@H](O)[C@@H](COC(=O)c2cc(O)c(O)c(O)c2)O[C@H]1[O-]. The Balaban J connectivity index is 2.01. The first-order valence-corrected chi connectivity index (χ1v) is 6.88. The van der Waals surface area contributed by atoms with E-state index in [0.29, 0.717) is 0 Å². The number of ether oxygens (including phenoxy) is 3. The number of esters is 1. The van der Waals surface area contributed by atoms with Crippen LogP contribution in [0.25, 0.3) is 0 Å². The molecule has 1 heterocycles. The van der Waals surface area contributed by atoms with Crippen LogP contribution in [0.5, 0.6) is 17.2 Å². The minimum absolute atomic E-state index is 0.276. The van der Waals surface area contributed by atoms with Gasteiger partial charge in [0.2, 0.25) is 0 Å². The van der Waals surface area contributed by atoms with Gasteiger partial charge in [-0.25, -0.2) is 4.79 Å². The second kappa shape index (κ2) is 7.20. The highest BCUT2D eigenvalue weighted by Crippen LogP contribution is 2.35. The first-order chi connectivity index (χ1) is 11.3. The van der Waals surface area contributed by atoms with Crippen LogP contribution in [0.1, 0.15) is 10.4 Å². The minimum atomic E-state index is -1.78. The van der Waals surface area contributed by atoms with Gasteiger partial charge in [0.1, 0.15) is 24.9 Å². The van der Waals surface area contributed by atoms with Gasteiger partial charge in [0.05, 0.1) is 11.7 Å². The Kier molecular flexibility index (Phi) is 5.47. The summed E-state index contributed by atoms with van der Waals surface area (Å²) in [4.78, 5) is 11.9. The van der Waals surface area contributed by atoms with E-state index in [1.54, 1.807) is 0 Å². The monoisotopic (exact) mass is 345 g/mol. The lowest BCUT2D eigenvalue weighted by Gasteiger charge is -2.45. The molecule has 1 aliphatic heterocycles. The number of aliphatic hydroxyl groups excluding tert-OH is 2. The van der Waals surface area contributed by atoms with Gasteiger partial charge in [0, 0.05) is 13.4 Å². The molecule has 0 radical (unpaired) electrons. The van der Waals surface area contributed by atoms with Crippen molar-refractivity contribution in [3.8, 4) is 17.2 Å². The Morgan fingerprint density at radius 1 is 1.21 bits per heavy atom. The summed E-state index contributed by atoms with van der Waals surface area (Å²) in [5.41, 5.74) is -0.276. The van der Waals surface area contributed by atoms with Crippen molar-refractivity contribution >= 4 is 5.97 Å². The van der Waals surface area contributed by atoms with E-state index < -0.39 is 60.5 Å². The molecule has 0 bridgehead atoms. The molecular formula is C14H17O10-. The van der Waals surface area contributed by atoms with Gasteiger partial charge in [-0.2, -0.15) is 0 Å². The third kappa shape index (κ3) is 3.52. The van der Waals surface area contributed by atoms with E-state index in [1.807, 2.05) is 0 Å². The average Bonchev–Trinajstić information content (AvgIpc) is 2.54. The van der Waals surface area contributed by atoms with Gasteiger partial charge in [-0.15, -0.1) is 0 Å². The van der Waals surface area contributed by atoms with E-state index in [1.165, 1.54) is 7.11 Å². The molecule has 10 nitrogen and oxygen atoms in total. The Morgan fingerprint density at radius 2 is 1.79 bits per heavy atom. The number of aliphatic hydroxyl groups is 2. The third-order valence-electron chi connectivity index (χ3n) is 3.60. The van der Waals surface area contributed by atoms with Gasteiger partial charge < -0.3 is 44.8 Å². The molecule has 5 N–H and O–H groups in total. The van der Waals surface area contributed by atoms with E-state index >= 15 is 0 Å².